The molecule has 4 aromatic rings. The number of nitrogens with zero attached hydrogens (tertiary/aromatic N) is 2. The van der Waals surface area contributed by atoms with Crippen LogP contribution in [0.5, 0.6) is 0 Å². The second-order valence-electron chi connectivity index (χ2n) is 7.91. The normalized spacial score (nSPS) is 15.0. The molecule has 1 aromatic heterocycles. The van der Waals surface area contributed by atoms with Crippen molar-refractivity contribution in [3.8, 4) is 5.69 Å². The molecule has 0 aliphatic carbocycles. The number of carbonyl (C=O) groups excluding carboxylic acids is 1. The Morgan fingerprint density at radius 1 is 0.969 bits per heavy atom. The van der Waals surface area contributed by atoms with Gasteiger partial charge in [0.15, 0.2) is 0 Å². The predicted octanol–water partition coefficient (Wildman–Crippen LogP) is 6.20. The summed E-state index contributed by atoms with van der Waals surface area (Å²) in [5.74, 6) is -0.722. The van der Waals surface area contributed by atoms with Crippen LogP contribution in [-0.2, 0) is 6.54 Å². The minimum atomic E-state index is -0.465. The maximum absolute atomic E-state index is 14.1. The highest BCUT2D eigenvalue weighted by Crippen LogP contribution is 2.37. The van der Waals surface area contributed by atoms with Gasteiger partial charge in [-0.1, -0.05) is 36.4 Å². The van der Waals surface area contributed by atoms with E-state index in [4.69, 9.17) is 0 Å². The van der Waals surface area contributed by atoms with E-state index in [0.29, 0.717) is 17.8 Å². The number of hydrogen-bond donors (Lipinski definition) is 1. The van der Waals surface area contributed by atoms with Crippen LogP contribution in [0.25, 0.3) is 5.69 Å². The molecule has 0 radical (unpaired) electrons. The molecule has 0 saturated heterocycles. The van der Waals surface area contributed by atoms with Crippen molar-refractivity contribution in [1.82, 2.24) is 9.47 Å². The smallest absolute Gasteiger partial charge is 0.318 e. The van der Waals surface area contributed by atoms with E-state index in [1.165, 1.54) is 18.2 Å². The van der Waals surface area contributed by atoms with E-state index in [1.807, 2.05) is 42.6 Å². The van der Waals surface area contributed by atoms with Gasteiger partial charge in [-0.15, -0.1) is 0 Å². The van der Waals surface area contributed by atoms with Crippen molar-refractivity contribution in [1.29, 1.82) is 0 Å². The topological polar surface area (TPSA) is 37.3 Å². The lowest BCUT2D eigenvalue weighted by molar-refractivity contribution is 0.194. The first-order valence-electron chi connectivity index (χ1n) is 10.4. The molecule has 2 amide bonds. The van der Waals surface area contributed by atoms with E-state index in [2.05, 4.69) is 9.88 Å². The summed E-state index contributed by atoms with van der Waals surface area (Å²) in [4.78, 5) is 15.2. The Morgan fingerprint density at radius 2 is 1.75 bits per heavy atom. The SMILES string of the molecule is Cc1ccc(NC(=O)N2Cc3ccccc3-n3cccc3C2c2ccc(F)cc2)cc1F. The first kappa shape index (κ1) is 20.0. The highest BCUT2D eigenvalue weighted by molar-refractivity contribution is 5.90. The summed E-state index contributed by atoms with van der Waals surface area (Å²) in [5, 5.41) is 2.84. The Morgan fingerprint density at radius 3 is 2.53 bits per heavy atom. The van der Waals surface area contributed by atoms with Crippen LogP contribution in [0, 0.1) is 18.6 Å². The molecular weight excluding hydrogens is 408 g/mol. The molecule has 3 aromatic carbocycles. The van der Waals surface area contributed by atoms with E-state index >= 15 is 0 Å². The van der Waals surface area contributed by atoms with Gasteiger partial charge in [0.2, 0.25) is 0 Å². The lowest BCUT2D eigenvalue weighted by atomic mass is 10.0. The third kappa shape index (κ3) is 3.54. The van der Waals surface area contributed by atoms with Gasteiger partial charge in [-0.05, 0) is 66.1 Å². The van der Waals surface area contributed by atoms with Crippen molar-refractivity contribution >= 4 is 11.7 Å². The molecule has 1 atom stereocenters. The molecule has 1 N–H and O–H groups in total. The summed E-state index contributed by atoms with van der Waals surface area (Å²) in [7, 11) is 0. The van der Waals surface area contributed by atoms with Crippen LogP contribution in [0.4, 0.5) is 19.3 Å². The Balaban J connectivity index is 1.61. The zero-order valence-electron chi connectivity index (χ0n) is 17.4. The number of rotatable bonds is 2. The average molecular weight is 429 g/mol. The number of anilines is 1. The molecule has 6 heteroatoms. The van der Waals surface area contributed by atoms with Gasteiger partial charge in [-0.3, -0.25) is 0 Å². The Hall–Kier alpha value is -3.93. The van der Waals surface area contributed by atoms with E-state index in [-0.39, 0.29) is 17.7 Å². The zero-order chi connectivity index (χ0) is 22.2. The van der Waals surface area contributed by atoms with Crippen molar-refractivity contribution in [3.63, 3.8) is 0 Å². The molecule has 0 spiro atoms. The predicted molar refractivity (Wildman–Crippen MR) is 120 cm³/mol. The van der Waals surface area contributed by atoms with Gasteiger partial charge in [-0.2, -0.15) is 0 Å². The van der Waals surface area contributed by atoms with Crippen molar-refractivity contribution in [2.45, 2.75) is 19.5 Å². The monoisotopic (exact) mass is 429 g/mol. The number of fused-ring (bicyclic) bond motifs is 3. The third-order valence-corrected chi connectivity index (χ3v) is 5.83. The number of carbonyl (C=O) groups is 1. The summed E-state index contributed by atoms with van der Waals surface area (Å²) in [6.45, 7) is 2.01. The largest absolute Gasteiger partial charge is 0.322 e. The standard InChI is InChI=1S/C26H21F2N3O/c1-17-8-13-21(15-22(17)28)29-26(32)31-16-19-5-2-3-6-23(19)30-14-4-7-24(30)25(31)18-9-11-20(27)12-10-18/h2-15,25H,16H2,1H3,(H,29,32). The number of urea groups is 1. The highest BCUT2D eigenvalue weighted by atomic mass is 19.1. The minimum absolute atomic E-state index is 0.333. The summed E-state index contributed by atoms with van der Waals surface area (Å²) >= 11 is 0. The quantitative estimate of drug-likeness (QED) is 0.405. The molecule has 32 heavy (non-hydrogen) atoms. The van der Waals surface area contributed by atoms with Gasteiger partial charge < -0.3 is 14.8 Å². The summed E-state index contributed by atoms with van der Waals surface area (Å²) in [5.41, 5.74) is 4.50. The Labute approximate surface area is 184 Å². The van der Waals surface area contributed by atoms with Gasteiger partial charge in [-0.25, -0.2) is 13.6 Å². The van der Waals surface area contributed by atoms with Crippen LogP contribution in [0.1, 0.15) is 28.4 Å². The lowest BCUT2D eigenvalue weighted by Crippen LogP contribution is -2.38. The van der Waals surface area contributed by atoms with Crippen molar-refractivity contribution in [3.05, 3.63) is 119 Å². The van der Waals surface area contributed by atoms with Gasteiger partial charge in [0.1, 0.15) is 11.6 Å². The first-order valence-corrected chi connectivity index (χ1v) is 10.4. The summed E-state index contributed by atoms with van der Waals surface area (Å²) < 4.78 is 29.8. The van der Waals surface area contributed by atoms with Crippen molar-refractivity contribution in [2.75, 3.05) is 5.32 Å². The molecule has 5 rings (SSSR count). The number of nitrogens with one attached hydrogen (secondary N) is 1. The van der Waals surface area contributed by atoms with Crippen LogP contribution < -0.4 is 5.32 Å². The molecule has 0 bridgehead atoms. The van der Waals surface area contributed by atoms with E-state index in [0.717, 1.165) is 22.5 Å². The van der Waals surface area contributed by atoms with Gasteiger partial charge in [0, 0.05) is 17.6 Å². The molecule has 1 unspecified atom stereocenters. The number of amides is 2. The molecular formula is C26H21F2N3O. The van der Waals surface area contributed by atoms with Crippen molar-refractivity contribution in [2.24, 2.45) is 0 Å². The van der Waals surface area contributed by atoms with Crippen LogP contribution in [0.2, 0.25) is 0 Å². The van der Waals surface area contributed by atoms with Crippen LogP contribution in [0.15, 0.2) is 85.1 Å². The van der Waals surface area contributed by atoms with E-state index < -0.39 is 6.04 Å². The van der Waals surface area contributed by atoms with Crippen LogP contribution >= 0.6 is 0 Å². The number of aryl methyl sites for hydroxylation is 1. The van der Waals surface area contributed by atoms with E-state index in [1.54, 1.807) is 36.1 Å². The van der Waals surface area contributed by atoms with Crippen LogP contribution in [-0.4, -0.2) is 15.5 Å². The fourth-order valence-corrected chi connectivity index (χ4v) is 4.20. The lowest BCUT2D eigenvalue weighted by Gasteiger charge is -2.31. The first-order chi connectivity index (χ1) is 15.5. The molecule has 160 valence electrons. The molecule has 1 aliphatic rings. The highest BCUT2D eigenvalue weighted by Gasteiger charge is 2.33. The number of benzene rings is 3. The number of halogens is 2. The molecule has 0 fully saturated rings. The van der Waals surface area contributed by atoms with E-state index in [9.17, 15) is 13.6 Å². The Kier molecular flexibility index (Phi) is 4.98. The Bertz CT molecular complexity index is 1300. The fourth-order valence-electron chi connectivity index (χ4n) is 4.20. The fraction of sp³-hybridized carbons (Fsp3) is 0.115. The molecule has 4 nitrogen and oxygen atoms in total. The number of para-hydroxylation sites is 1. The number of hydrogen-bond acceptors (Lipinski definition) is 1. The minimum Gasteiger partial charge on any atom is -0.318 e. The molecule has 1 aliphatic heterocycles. The van der Waals surface area contributed by atoms with Crippen LogP contribution in [0.3, 0.4) is 0 Å². The molecule has 2 heterocycles. The maximum Gasteiger partial charge on any atom is 0.322 e. The second kappa shape index (κ2) is 7.96. The van der Waals surface area contributed by atoms with Gasteiger partial charge in [0.05, 0.1) is 18.3 Å². The third-order valence-electron chi connectivity index (χ3n) is 5.83. The van der Waals surface area contributed by atoms with Crippen molar-refractivity contribution < 1.29 is 13.6 Å². The van der Waals surface area contributed by atoms with Gasteiger partial charge >= 0.3 is 6.03 Å². The number of aromatic nitrogens is 1. The molecule has 0 saturated carbocycles. The second-order valence-corrected chi connectivity index (χ2v) is 7.91. The average Bonchev–Trinajstić information content (AvgIpc) is 3.21. The van der Waals surface area contributed by atoms with Gasteiger partial charge in [0.25, 0.3) is 0 Å². The zero-order valence-corrected chi connectivity index (χ0v) is 17.4. The summed E-state index contributed by atoms with van der Waals surface area (Å²) in [6, 6.07) is 21.7. The summed E-state index contributed by atoms with van der Waals surface area (Å²) in [6.07, 6.45) is 1.96. The maximum atomic E-state index is 14.1.